The highest BCUT2D eigenvalue weighted by atomic mass is 16.2. The molecule has 0 aliphatic rings. The van der Waals surface area contributed by atoms with Gasteiger partial charge in [0.1, 0.15) is 11.4 Å². The summed E-state index contributed by atoms with van der Waals surface area (Å²) in [6, 6.07) is 13.1. The normalized spacial score (nSPS) is 9.91. The molecule has 0 spiro atoms. The van der Waals surface area contributed by atoms with E-state index >= 15 is 0 Å². The zero-order chi connectivity index (χ0) is 15.9. The number of nitrogens with one attached hydrogen (secondary N) is 3. The molecule has 0 radical (unpaired) electrons. The topological polar surface area (TPSA) is 83.1 Å². The summed E-state index contributed by atoms with van der Waals surface area (Å²) in [4.78, 5) is 27.6. The summed E-state index contributed by atoms with van der Waals surface area (Å²) in [5.41, 5.74) is 2.15. The molecule has 0 aliphatic carbocycles. The van der Waals surface area contributed by atoms with Crippen LogP contribution < -0.4 is 16.0 Å². The molecule has 114 valence electrons. The maximum atomic E-state index is 11.8. The molecule has 2 rings (SSSR count). The average Bonchev–Trinajstić information content (AvgIpc) is 2.59. The second-order valence-electron chi connectivity index (χ2n) is 4.62. The van der Waals surface area contributed by atoms with Gasteiger partial charge in [0.2, 0.25) is 0 Å². The van der Waals surface area contributed by atoms with Crippen molar-refractivity contribution in [1.82, 2.24) is 15.6 Å². The van der Waals surface area contributed by atoms with E-state index < -0.39 is 0 Å². The fraction of sp³-hybridized carbons (Fsp3) is 0.188. The third-order valence-electron chi connectivity index (χ3n) is 3.08. The van der Waals surface area contributed by atoms with Gasteiger partial charge < -0.3 is 16.0 Å². The SMILES string of the molecule is CNC(=O)c1cc(NCc2ccccc2)cc(C(=O)NC)n1. The smallest absolute Gasteiger partial charge is 0.269 e. The third-order valence-corrected chi connectivity index (χ3v) is 3.08. The number of hydrogen-bond acceptors (Lipinski definition) is 4. The highest BCUT2D eigenvalue weighted by Gasteiger charge is 2.13. The summed E-state index contributed by atoms with van der Waals surface area (Å²) in [6.45, 7) is 0.589. The Morgan fingerprint density at radius 3 is 2.00 bits per heavy atom. The van der Waals surface area contributed by atoms with Gasteiger partial charge in [-0.25, -0.2) is 4.98 Å². The van der Waals surface area contributed by atoms with Crippen LogP contribution in [0.5, 0.6) is 0 Å². The van der Waals surface area contributed by atoms with E-state index in [0.29, 0.717) is 12.2 Å². The monoisotopic (exact) mass is 298 g/mol. The molecular formula is C16H18N4O2. The minimum absolute atomic E-state index is 0.194. The number of nitrogens with zero attached hydrogens (tertiary/aromatic N) is 1. The average molecular weight is 298 g/mol. The lowest BCUT2D eigenvalue weighted by Gasteiger charge is -2.10. The molecule has 1 heterocycles. The van der Waals surface area contributed by atoms with Gasteiger partial charge in [0, 0.05) is 26.3 Å². The van der Waals surface area contributed by atoms with Crippen molar-refractivity contribution >= 4 is 17.5 Å². The van der Waals surface area contributed by atoms with Crippen LogP contribution >= 0.6 is 0 Å². The van der Waals surface area contributed by atoms with E-state index in [0.717, 1.165) is 5.56 Å². The van der Waals surface area contributed by atoms with Gasteiger partial charge >= 0.3 is 0 Å². The van der Waals surface area contributed by atoms with E-state index in [2.05, 4.69) is 20.9 Å². The first kappa shape index (κ1) is 15.5. The predicted octanol–water partition coefficient (Wildman–Crippen LogP) is 1.41. The van der Waals surface area contributed by atoms with Gasteiger partial charge in [-0.2, -0.15) is 0 Å². The predicted molar refractivity (Wildman–Crippen MR) is 84.8 cm³/mol. The minimum atomic E-state index is -0.339. The first-order valence-corrected chi connectivity index (χ1v) is 6.88. The van der Waals surface area contributed by atoms with Crippen molar-refractivity contribution in [2.45, 2.75) is 6.54 Å². The molecule has 3 N–H and O–H groups in total. The van der Waals surface area contributed by atoms with Gasteiger partial charge in [-0.3, -0.25) is 9.59 Å². The molecule has 1 aromatic heterocycles. The van der Waals surface area contributed by atoms with E-state index in [1.807, 2.05) is 30.3 Å². The molecule has 0 fully saturated rings. The molecule has 0 aliphatic heterocycles. The van der Waals surface area contributed by atoms with Gasteiger partial charge in [-0.1, -0.05) is 30.3 Å². The van der Waals surface area contributed by atoms with E-state index in [-0.39, 0.29) is 23.2 Å². The Morgan fingerprint density at radius 2 is 1.50 bits per heavy atom. The van der Waals surface area contributed by atoms with Crippen LogP contribution in [0.4, 0.5) is 5.69 Å². The Labute approximate surface area is 129 Å². The molecule has 0 unspecified atom stereocenters. The second kappa shape index (κ2) is 7.21. The first-order valence-electron chi connectivity index (χ1n) is 6.88. The van der Waals surface area contributed by atoms with Gasteiger partial charge in [-0.15, -0.1) is 0 Å². The molecule has 0 saturated carbocycles. The lowest BCUT2D eigenvalue weighted by Crippen LogP contribution is -2.24. The quantitative estimate of drug-likeness (QED) is 0.779. The van der Waals surface area contributed by atoms with Crippen LogP contribution in [0, 0.1) is 0 Å². The summed E-state index contributed by atoms with van der Waals surface area (Å²) < 4.78 is 0. The van der Waals surface area contributed by atoms with Crippen LogP contribution in [0.1, 0.15) is 26.5 Å². The van der Waals surface area contributed by atoms with Crippen molar-refractivity contribution in [3.05, 3.63) is 59.4 Å². The summed E-state index contributed by atoms with van der Waals surface area (Å²) in [6.07, 6.45) is 0. The summed E-state index contributed by atoms with van der Waals surface area (Å²) in [5.74, 6) is -0.679. The zero-order valence-electron chi connectivity index (χ0n) is 12.5. The number of anilines is 1. The number of carbonyl (C=O) groups excluding carboxylic acids is 2. The number of aromatic nitrogens is 1. The van der Waals surface area contributed by atoms with Crippen LogP contribution in [-0.2, 0) is 6.54 Å². The number of pyridine rings is 1. The van der Waals surface area contributed by atoms with Crippen molar-refractivity contribution < 1.29 is 9.59 Å². The first-order chi connectivity index (χ1) is 10.6. The maximum Gasteiger partial charge on any atom is 0.269 e. The van der Waals surface area contributed by atoms with Crippen LogP contribution in [-0.4, -0.2) is 30.9 Å². The van der Waals surface area contributed by atoms with Crippen molar-refractivity contribution in [2.75, 3.05) is 19.4 Å². The van der Waals surface area contributed by atoms with Crippen LogP contribution in [0.2, 0.25) is 0 Å². The van der Waals surface area contributed by atoms with Gasteiger partial charge in [-0.05, 0) is 17.7 Å². The lowest BCUT2D eigenvalue weighted by atomic mass is 10.2. The Balaban J connectivity index is 2.25. The van der Waals surface area contributed by atoms with Crippen molar-refractivity contribution in [1.29, 1.82) is 0 Å². The maximum absolute atomic E-state index is 11.8. The third kappa shape index (κ3) is 3.82. The molecule has 6 heteroatoms. The van der Waals surface area contributed by atoms with Crippen molar-refractivity contribution in [3.8, 4) is 0 Å². The summed E-state index contributed by atoms with van der Waals surface area (Å²) >= 11 is 0. The summed E-state index contributed by atoms with van der Waals surface area (Å²) in [5, 5.41) is 8.21. The second-order valence-corrected chi connectivity index (χ2v) is 4.62. The number of rotatable bonds is 5. The molecule has 0 bridgehead atoms. The number of amides is 2. The van der Waals surface area contributed by atoms with Crippen molar-refractivity contribution in [3.63, 3.8) is 0 Å². The van der Waals surface area contributed by atoms with Crippen LogP contribution in [0.3, 0.4) is 0 Å². The van der Waals surface area contributed by atoms with E-state index in [1.165, 1.54) is 14.1 Å². The Hall–Kier alpha value is -2.89. The highest BCUT2D eigenvalue weighted by molar-refractivity contribution is 5.97. The van der Waals surface area contributed by atoms with Crippen LogP contribution in [0.15, 0.2) is 42.5 Å². The molecule has 22 heavy (non-hydrogen) atoms. The highest BCUT2D eigenvalue weighted by Crippen LogP contribution is 2.13. The molecule has 0 saturated heterocycles. The van der Waals surface area contributed by atoms with E-state index in [4.69, 9.17) is 0 Å². The zero-order valence-corrected chi connectivity index (χ0v) is 12.5. The number of carbonyl (C=O) groups is 2. The molecule has 0 atom stereocenters. The Kier molecular flexibility index (Phi) is 5.08. The molecule has 2 amide bonds. The minimum Gasteiger partial charge on any atom is -0.381 e. The standard InChI is InChI=1S/C16H18N4O2/c1-17-15(21)13-8-12(9-14(20-13)16(22)18-2)19-10-11-6-4-3-5-7-11/h3-9H,10H2,1-2H3,(H,17,21)(H,18,22)(H,19,20). The van der Waals surface area contributed by atoms with Crippen LogP contribution in [0.25, 0.3) is 0 Å². The molecule has 2 aromatic rings. The molecule has 6 nitrogen and oxygen atoms in total. The Bertz CT molecular complexity index is 637. The Morgan fingerprint density at radius 1 is 0.955 bits per heavy atom. The fourth-order valence-electron chi connectivity index (χ4n) is 1.92. The number of hydrogen-bond donors (Lipinski definition) is 3. The largest absolute Gasteiger partial charge is 0.381 e. The van der Waals surface area contributed by atoms with Gasteiger partial charge in [0.25, 0.3) is 11.8 Å². The molecule has 1 aromatic carbocycles. The lowest BCUT2D eigenvalue weighted by molar-refractivity contribution is 0.0954. The van der Waals surface area contributed by atoms with Gasteiger partial charge in [0.15, 0.2) is 0 Å². The number of benzene rings is 1. The van der Waals surface area contributed by atoms with E-state index in [1.54, 1.807) is 12.1 Å². The molecular weight excluding hydrogens is 280 g/mol. The van der Waals surface area contributed by atoms with Crippen molar-refractivity contribution in [2.24, 2.45) is 0 Å². The summed E-state index contributed by atoms with van der Waals surface area (Å²) in [7, 11) is 3.04. The van der Waals surface area contributed by atoms with E-state index in [9.17, 15) is 9.59 Å². The fourth-order valence-corrected chi connectivity index (χ4v) is 1.92. The van der Waals surface area contributed by atoms with Gasteiger partial charge in [0.05, 0.1) is 0 Å².